The highest BCUT2D eigenvalue weighted by molar-refractivity contribution is 4.80. The maximum Gasteiger partial charge on any atom is 0.00722 e. The van der Waals surface area contributed by atoms with Crippen molar-refractivity contribution in [3.05, 3.63) is 0 Å². The third-order valence-corrected chi connectivity index (χ3v) is 4.17. The summed E-state index contributed by atoms with van der Waals surface area (Å²) in [6.45, 7) is 13.0. The van der Waals surface area contributed by atoms with Gasteiger partial charge in [-0.2, -0.15) is 0 Å². The average Bonchev–Trinajstić information content (AvgIpc) is 2.16. The quantitative estimate of drug-likeness (QED) is 0.641. The fourth-order valence-corrected chi connectivity index (χ4v) is 3.36. The largest absolute Gasteiger partial charge is 0.314 e. The predicted octanol–water partition coefficient (Wildman–Crippen LogP) is 5.01. The molecule has 0 spiro atoms. The molecule has 2 atom stereocenters. The Kier molecular flexibility index (Phi) is 6.70. The molecule has 1 fully saturated rings. The Balaban J connectivity index is 2.33. The van der Waals surface area contributed by atoms with Gasteiger partial charge in [0, 0.05) is 6.04 Å². The molecule has 0 aromatic heterocycles. The number of hydrogen-bond donors (Lipinski definition) is 1. The smallest absolute Gasteiger partial charge is 0.00722 e. The monoisotopic (exact) mass is 253 g/mol. The summed E-state index contributed by atoms with van der Waals surface area (Å²) < 4.78 is 0. The van der Waals surface area contributed by atoms with Crippen LogP contribution in [0.4, 0.5) is 0 Å². The summed E-state index contributed by atoms with van der Waals surface area (Å²) in [7, 11) is 0. The third-order valence-electron chi connectivity index (χ3n) is 4.17. The SMILES string of the molecule is CCCNC(CC(C)CC(C)(C)C)CC1CCC1. The molecular formula is C17H35N. The van der Waals surface area contributed by atoms with E-state index in [1.807, 2.05) is 0 Å². The minimum Gasteiger partial charge on any atom is -0.314 e. The van der Waals surface area contributed by atoms with Crippen LogP contribution >= 0.6 is 0 Å². The van der Waals surface area contributed by atoms with Crippen molar-refractivity contribution in [2.75, 3.05) is 6.54 Å². The van der Waals surface area contributed by atoms with E-state index in [2.05, 4.69) is 39.9 Å². The molecule has 2 unspecified atom stereocenters. The van der Waals surface area contributed by atoms with Crippen molar-refractivity contribution in [2.24, 2.45) is 17.3 Å². The lowest BCUT2D eigenvalue weighted by atomic mass is 9.77. The van der Waals surface area contributed by atoms with Gasteiger partial charge in [0.1, 0.15) is 0 Å². The zero-order valence-electron chi connectivity index (χ0n) is 13.4. The molecule has 0 radical (unpaired) electrons. The van der Waals surface area contributed by atoms with Crippen molar-refractivity contribution >= 4 is 0 Å². The molecule has 1 N–H and O–H groups in total. The van der Waals surface area contributed by atoms with Gasteiger partial charge in [0.05, 0.1) is 0 Å². The van der Waals surface area contributed by atoms with Crippen LogP contribution in [0.5, 0.6) is 0 Å². The first kappa shape index (κ1) is 16.0. The Hall–Kier alpha value is -0.0400. The number of nitrogens with one attached hydrogen (secondary N) is 1. The Morgan fingerprint density at radius 2 is 1.89 bits per heavy atom. The fraction of sp³-hybridized carbons (Fsp3) is 1.00. The van der Waals surface area contributed by atoms with Gasteiger partial charge in [-0.05, 0) is 49.5 Å². The van der Waals surface area contributed by atoms with Crippen molar-refractivity contribution < 1.29 is 0 Å². The molecule has 0 aromatic carbocycles. The Morgan fingerprint density at radius 3 is 2.33 bits per heavy atom. The van der Waals surface area contributed by atoms with Crippen molar-refractivity contribution in [2.45, 2.75) is 85.6 Å². The normalized spacial score (nSPS) is 20.5. The van der Waals surface area contributed by atoms with Crippen LogP contribution in [0.1, 0.15) is 79.6 Å². The van der Waals surface area contributed by atoms with E-state index in [-0.39, 0.29) is 0 Å². The molecule has 0 aromatic rings. The van der Waals surface area contributed by atoms with E-state index >= 15 is 0 Å². The van der Waals surface area contributed by atoms with Crippen LogP contribution in [-0.4, -0.2) is 12.6 Å². The summed E-state index contributed by atoms with van der Waals surface area (Å²) >= 11 is 0. The fourth-order valence-electron chi connectivity index (χ4n) is 3.36. The van der Waals surface area contributed by atoms with Gasteiger partial charge in [-0.25, -0.2) is 0 Å². The molecule has 0 bridgehead atoms. The van der Waals surface area contributed by atoms with Crippen molar-refractivity contribution in [1.82, 2.24) is 5.32 Å². The maximum absolute atomic E-state index is 3.79. The molecule has 1 saturated carbocycles. The summed E-state index contributed by atoms with van der Waals surface area (Å²) in [6.07, 6.45) is 9.84. The summed E-state index contributed by atoms with van der Waals surface area (Å²) in [5.41, 5.74) is 0.477. The van der Waals surface area contributed by atoms with E-state index in [1.54, 1.807) is 0 Å². The molecule has 0 amide bonds. The molecule has 1 rings (SSSR count). The highest BCUT2D eigenvalue weighted by Gasteiger charge is 2.24. The second kappa shape index (κ2) is 7.53. The van der Waals surface area contributed by atoms with Gasteiger partial charge in [0.2, 0.25) is 0 Å². The average molecular weight is 253 g/mol. The van der Waals surface area contributed by atoms with E-state index in [0.29, 0.717) is 5.41 Å². The van der Waals surface area contributed by atoms with Crippen LogP contribution in [0.25, 0.3) is 0 Å². The highest BCUT2D eigenvalue weighted by atomic mass is 14.9. The van der Waals surface area contributed by atoms with Crippen LogP contribution in [0.15, 0.2) is 0 Å². The molecule has 1 aliphatic rings. The van der Waals surface area contributed by atoms with Crippen molar-refractivity contribution in [3.63, 3.8) is 0 Å². The van der Waals surface area contributed by atoms with Gasteiger partial charge in [0.15, 0.2) is 0 Å². The van der Waals surface area contributed by atoms with Crippen molar-refractivity contribution in [1.29, 1.82) is 0 Å². The molecular weight excluding hydrogens is 218 g/mol. The predicted molar refractivity (Wildman–Crippen MR) is 81.9 cm³/mol. The van der Waals surface area contributed by atoms with Gasteiger partial charge in [-0.1, -0.05) is 53.9 Å². The zero-order chi connectivity index (χ0) is 13.6. The molecule has 0 aliphatic heterocycles. The Morgan fingerprint density at radius 1 is 1.22 bits per heavy atom. The van der Waals surface area contributed by atoms with Gasteiger partial charge in [-0.15, -0.1) is 0 Å². The van der Waals surface area contributed by atoms with E-state index in [4.69, 9.17) is 0 Å². The topological polar surface area (TPSA) is 12.0 Å². The summed E-state index contributed by atoms with van der Waals surface area (Å²) in [5.74, 6) is 1.88. The number of hydrogen-bond acceptors (Lipinski definition) is 1. The first-order valence-electron chi connectivity index (χ1n) is 8.14. The third kappa shape index (κ3) is 6.78. The lowest BCUT2D eigenvalue weighted by molar-refractivity contribution is 0.222. The van der Waals surface area contributed by atoms with E-state index in [0.717, 1.165) is 17.9 Å². The molecule has 1 heteroatoms. The molecule has 108 valence electrons. The second-order valence-electron chi connectivity index (χ2n) is 7.79. The molecule has 1 nitrogen and oxygen atoms in total. The van der Waals surface area contributed by atoms with Crippen LogP contribution in [0.2, 0.25) is 0 Å². The second-order valence-corrected chi connectivity index (χ2v) is 7.79. The van der Waals surface area contributed by atoms with Gasteiger partial charge < -0.3 is 5.32 Å². The van der Waals surface area contributed by atoms with Crippen molar-refractivity contribution in [3.8, 4) is 0 Å². The lowest BCUT2D eigenvalue weighted by Gasteiger charge is -2.33. The molecule has 0 heterocycles. The van der Waals surface area contributed by atoms with Gasteiger partial charge in [-0.3, -0.25) is 0 Å². The van der Waals surface area contributed by atoms with E-state index < -0.39 is 0 Å². The zero-order valence-corrected chi connectivity index (χ0v) is 13.4. The first-order valence-corrected chi connectivity index (χ1v) is 8.14. The Bertz CT molecular complexity index is 212. The van der Waals surface area contributed by atoms with E-state index in [9.17, 15) is 0 Å². The summed E-state index contributed by atoms with van der Waals surface area (Å²) in [6, 6.07) is 0.771. The van der Waals surface area contributed by atoms with E-state index in [1.165, 1.54) is 51.5 Å². The molecule has 18 heavy (non-hydrogen) atoms. The minimum absolute atomic E-state index is 0.477. The minimum atomic E-state index is 0.477. The molecule has 1 aliphatic carbocycles. The lowest BCUT2D eigenvalue weighted by Crippen LogP contribution is -2.35. The number of rotatable bonds is 8. The summed E-state index contributed by atoms with van der Waals surface area (Å²) in [4.78, 5) is 0. The first-order chi connectivity index (χ1) is 8.40. The van der Waals surface area contributed by atoms with Crippen LogP contribution < -0.4 is 5.32 Å². The highest BCUT2D eigenvalue weighted by Crippen LogP contribution is 2.33. The maximum atomic E-state index is 3.79. The van der Waals surface area contributed by atoms with Gasteiger partial charge >= 0.3 is 0 Å². The van der Waals surface area contributed by atoms with Crippen LogP contribution in [-0.2, 0) is 0 Å². The molecule has 0 saturated heterocycles. The van der Waals surface area contributed by atoms with Crippen LogP contribution in [0, 0.1) is 17.3 Å². The summed E-state index contributed by atoms with van der Waals surface area (Å²) in [5, 5.41) is 3.79. The van der Waals surface area contributed by atoms with Gasteiger partial charge in [0.25, 0.3) is 0 Å². The Labute approximate surface area is 115 Å². The van der Waals surface area contributed by atoms with Crippen LogP contribution in [0.3, 0.4) is 0 Å². The standard InChI is InChI=1S/C17H35N/c1-6-10-18-16(12-15-8-7-9-15)11-14(2)13-17(3,4)5/h14-16,18H,6-13H2,1-5H3.